The largest absolute Gasteiger partial charge is 0.477 e. The van der Waals surface area contributed by atoms with Gasteiger partial charge in [0, 0.05) is 42.8 Å². The molecule has 2 heterocycles. The van der Waals surface area contributed by atoms with Gasteiger partial charge in [0.25, 0.3) is 0 Å². The van der Waals surface area contributed by atoms with E-state index in [-0.39, 0.29) is 5.92 Å². The van der Waals surface area contributed by atoms with Gasteiger partial charge in [0.2, 0.25) is 11.8 Å². The van der Waals surface area contributed by atoms with Gasteiger partial charge < -0.3 is 25.0 Å². The predicted molar refractivity (Wildman–Crippen MR) is 120 cm³/mol. The number of ether oxygens (including phenoxy) is 2. The minimum Gasteiger partial charge on any atom is -0.477 e. The first-order valence-corrected chi connectivity index (χ1v) is 11.4. The van der Waals surface area contributed by atoms with E-state index in [0.717, 1.165) is 37.7 Å². The maximum Gasteiger partial charge on any atom is 0.471 e. The third-order valence-corrected chi connectivity index (χ3v) is 6.04. The molecule has 1 amide bonds. The number of hydrogen-bond acceptors (Lipinski definition) is 7. The zero-order valence-corrected chi connectivity index (χ0v) is 18.7. The summed E-state index contributed by atoms with van der Waals surface area (Å²) < 4.78 is 48.4. The fourth-order valence-electron chi connectivity index (χ4n) is 4.13. The molecule has 184 valence electrons. The van der Waals surface area contributed by atoms with Gasteiger partial charge in [0.15, 0.2) is 0 Å². The summed E-state index contributed by atoms with van der Waals surface area (Å²) in [6.07, 6.45) is -0.900. The number of amides is 1. The van der Waals surface area contributed by atoms with Crippen LogP contribution in [0.5, 0.6) is 5.88 Å². The van der Waals surface area contributed by atoms with Crippen molar-refractivity contribution in [1.82, 2.24) is 15.3 Å². The number of halogens is 3. The summed E-state index contributed by atoms with van der Waals surface area (Å²) in [5.74, 6) is -0.841. The lowest BCUT2D eigenvalue weighted by molar-refractivity contribution is -0.174. The van der Waals surface area contributed by atoms with Crippen LogP contribution in [0.1, 0.15) is 25.7 Å². The summed E-state index contributed by atoms with van der Waals surface area (Å²) in [5, 5.41) is 5.23. The molecule has 2 aliphatic rings. The number of nitrogens with zero attached hydrogens (tertiary/aromatic N) is 3. The van der Waals surface area contributed by atoms with Gasteiger partial charge in [0.1, 0.15) is 0 Å². The van der Waals surface area contributed by atoms with Crippen LogP contribution in [0.25, 0.3) is 0 Å². The van der Waals surface area contributed by atoms with E-state index < -0.39 is 18.1 Å². The Kier molecular flexibility index (Phi) is 7.71. The first-order valence-electron chi connectivity index (χ1n) is 11.4. The molecule has 1 saturated heterocycles. The number of alkyl halides is 3. The Morgan fingerprint density at radius 2 is 1.79 bits per heavy atom. The fourth-order valence-corrected chi connectivity index (χ4v) is 4.13. The summed E-state index contributed by atoms with van der Waals surface area (Å²) in [6.45, 7) is 3.62. The third-order valence-electron chi connectivity index (χ3n) is 6.04. The van der Waals surface area contributed by atoms with Crippen molar-refractivity contribution in [3.05, 3.63) is 36.5 Å². The SMILES string of the molecule is O=C(NC1CCC(COc2ccnc(Nc3ccc(N4CCOCC4)cc3)n2)CC1)C(F)(F)F. The van der Waals surface area contributed by atoms with Crippen molar-refractivity contribution in [3.63, 3.8) is 0 Å². The highest BCUT2D eigenvalue weighted by atomic mass is 19.4. The van der Waals surface area contributed by atoms with Crippen molar-refractivity contribution < 1.29 is 27.4 Å². The number of carbonyl (C=O) groups is 1. The van der Waals surface area contributed by atoms with Crippen LogP contribution in [0.3, 0.4) is 0 Å². The zero-order valence-electron chi connectivity index (χ0n) is 18.7. The molecule has 0 unspecified atom stereocenters. The Morgan fingerprint density at radius 1 is 1.09 bits per heavy atom. The highest BCUT2D eigenvalue weighted by Crippen LogP contribution is 2.27. The van der Waals surface area contributed by atoms with Crippen LogP contribution in [0.4, 0.5) is 30.5 Å². The molecule has 4 rings (SSSR count). The summed E-state index contributed by atoms with van der Waals surface area (Å²) in [7, 11) is 0. The van der Waals surface area contributed by atoms with Crippen molar-refractivity contribution in [2.45, 2.75) is 37.9 Å². The van der Waals surface area contributed by atoms with Crippen molar-refractivity contribution >= 4 is 23.2 Å². The second-order valence-corrected chi connectivity index (χ2v) is 8.49. The number of carbonyl (C=O) groups excluding carboxylic acids is 1. The Bertz CT molecular complexity index is 944. The molecule has 1 aliphatic carbocycles. The van der Waals surface area contributed by atoms with Gasteiger partial charge >= 0.3 is 12.1 Å². The van der Waals surface area contributed by atoms with Crippen LogP contribution in [0, 0.1) is 5.92 Å². The Morgan fingerprint density at radius 3 is 2.47 bits per heavy atom. The van der Waals surface area contributed by atoms with Crippen molar-refractivity contribution in [2.75, 3.05) is 43.1 Å². The van der Waals surface area contributed by atoms with Crippen LogP contribution in [0.15, 0.2) is 36.5 Å². The van der Waals surface area contributed by atoms with Gasteiger partial charge in [-0.3, -0.25) is 4.79 Å². The van der Waals surface area contributed by atoms with Gasteiger partial charge in [-0.2, -0.15) is 18.2 Å². The lowest BCUT2D eigenvalue weighted by Gasteiger charge is -2.29. The predicted octanol–water partition coefficient (Wildman–Crippen LogP) is 3.67. The summed E-state index contributed by atoms with van der Waals surface area (Å²) in [6, 6.07) is 9.25. The molecular formula is C23H28F3N5O3. The Balaban J connectivity index is 1.23. The number of rotatable bonds is 7. The van der Waals surface area contributed by atoms with E-state index >= 15 is 0 Å². The van der Waals surface area contributed by atoms with Crippen LogP contribution >= 0.6 is 0 Å². The quantitative estimate of drug-likeness (QED) is 0.627. The standard InChI is InChI=1S/C23H28F3N5O3/c24-23(25,26)21(32)28-17-3-1-16(2-4-17)15-34-20-9-10-27-22(30-20)29-18-5-7-19(8-6-18)31-11-13-33-14-12-31/h5-10,16-17H,1-4,11-15H2,(H,28,32)(H,27,29,30). The third kappa shape index (κ3) is 6.72. The smallest absolute Gasteiger partial charge is 0.471 e. The number of hydrogen-bond donors (Lipinski definition) is 2. The minimum absolute atomic E-state index is 0.193. The second kappa shape index (κ2) is 10.9. The lowest BCUT2D eigenvalue weighted by atomic mass is 9.86. The molecule has 0 radical (unpaired) electrons. The number of benzene rings is 1. The highest BCUT2D eigenvalue weighted by Gasteiger charge is 2.40. The molecule has 2 fully saturated rings. The monoisotopic (exact) mass is 479 g/mol. The molecule has 0 atom stereocenters. The number of anilines is 3. The van der Waals surface area contributed by atoms with Crippen molar-refractivity contribution in [1.29, 1.82) is 0 Å². The van der Waals surface area contributed by atoms with Crippen LogP contribution in [0.2, 0.25) is 0 Å². The number of aromatic nitrogens is 2. The van der Waals surface area contributed by atoms with E-state index in [1.54, 1.807) is 12.3 Å². The molecule has 2 N–H and O–H groups in total. The molecule has 0 spiro atoms. The molecule has 1 aromatic heterocycles. The van der Waals surface area contributed by atoms with Gasteiger partial charge in [0.05, 0.1) is 19.8 Å². The van der Waals surface area contributed by atoms with E-state index in [2.05, 4.69) is 25.5 Å². The van der Waals surface area contributed by atoms with Gasteiger partial charge in [-0.15, -0.1) is 0 Å². The summed E-state index contributed by atoms with van der Waals surface area (Å²) >= 11 is 0. The van der Waals surface area contributed by atoms with E-state index in [1.165, 1.54) is 0 Å². The van der Waals surface area contributed by atoms with Crippen LogP contribution < -0.4 is 20.3 Å². The van der Waals surface area contributed by atoms with Crippen LogP contribution in [-0.4, -0.2) is 61.0 Å². The first-order chi connectivity index (χ1) is 16.4. The summed E-state index contributed by atoms with van der Waals surface area (Å²) in [4.78, 5) is 22.0. The average molecular weight is 480 g/mol. The molecule has 11 heteroatoms. The lowest BCUT2D eigenvalue weighted by Crippen LogP contribution is -2.44. The molecule has 34 heavy (non-hydrogen) atoms. The summed E-state index contributed by atoms with van der Waals surface area (Å²) in [5.41, 5.74) is 1.99. The van der Waals surface area contributed by atoms with Gasteiger partial charge in [-0.05, 0) is 55.9 Å². The van der Waals surface area contributed by atoms with E-state index in [9.17, 15) is 18.0 Å². The van der Waals surface area contributed by atoms with Crippen LogP contribution in [-0.2, 0) is 9.53 Å². The molecule has 1 saturated carbocycles. The second-order valence-electron chi connectivity index (χ2n) is 8.49. The van der Waals surface area contributed by atoms with Crippen molar-refractivity contribution in [2.24, 2.45) is 5.92 Å². The number of nitrogens with one attached hydrogen (secondary N) is 2. The normalized spacial score (nSPS) is 21.1. The molecular weight excluding hydrogens is 451 g/mol. The molecule has 2 aromatic rings. The average Bonchev–Trinajstić information content (AvgIpc) is 2.84. The highest BCUT2D eigenvalue weighted by molar-refractivity contribution is 5.81. The Hall–Kier alpha value is -3.08. The fraction of sp³-hybridized carbons (Fsp3) is 0.522. The van der Waals surface area contributed by atoms with E-state index in [1.807, 2.05) is 24.3 Å². The molecule has 8 nitrogen and oxygen atoms in total. The van der Waals surface area contributed by atoms with E-state index in [0.29, 0.717) is 44.1 Å². The van der Waals surface area contributed by atoms with Gasteiger partial charge in [-0.1, -0.05) is 0 Å². The first kappa shape index (κ1) is 24.1. The van der Waals surface area contributed by atoms with E-state index in [4.69, 9.17) is 9.47 Å². The Labute approximate surface area is 195 Å². The zero-order chi connectivity index (χ0) is 24.0. The molecule has 1 aromatic carbocycles. The number of morpholine rings is 1. The van der Waals surface area contributed by atoms with Crippen molar-refractivity contribution in [3.8, 4) is 5.88 Å². The maximum absolute atomic E-state index is 12.4. The topological polar surface area (TPSA) is 88.6 Å². The van der Waals surface area contributed by atoms with Gasteiger partial charge in [-0.25, -0.2) is 4.98 Å². The molecule has 1 aliphatic heterocycles. The molecule has 0 bridgehead atoms. The maximum atomic E-state index is 12.4. The minimum atomic E-state index is -4.84.